The minimum Gasteiger partial charge on any atom is -0.462 e. The molecular formula is C47H85O8P. The van der Waals surface area contributed by atoms with Gasteiger partial charge in [0.05, 0.1) is 6.61 Å². The lowest BCUT2D eigenvalue weighted by molar-refractivity contribution is -0.161. The van der Waals surface area contributed by atoms with Crippen molar-refractivity contribution in [3.63, 3.8) is 0 Å². The monoisotopic (exact) mass is 809 g/mol. The zero-order valence-corrected chi connectivity index (χ0v) is 36.9. The Bertz CT molecular complexity index is 1050. The third kappa shape index (κ3) is 44.7. The molecule has 1 atom stereocenters. The number of hydrogen-bond acceptors (Lipinski definition) is 6. The van der Waals surface area contributed by atoms with E-state index < -0.39 is 32.5 Å². The first kappa shape index (κ1) is 54.0. The molecule has 326 valence electrons. The third-order valence-corrected chi connectivity index (χ3v) is 10.3. The first-order valence-corrected chi connectivity index (χ1v) is 24.5. The topological polar surface area (TPSA) is 119 Å². The Balaban J connectivity index is 3.92. The zero-order chi connectivity index (χ0) is 41.1. The van der Waals surface area contributed by atoms with Gasteiger partial charge in [-0.25, -0.2) is 4.57 Å². The van der Waals surface area contributed by atoms with E-state index in [4.69, 9.17) is 19.3 Å². The van der Waals surface area contributed by atoms with Crippen molar-refractivity contribution in [3.05, 3.63) is 48.6 Å². The lowest BCUT2D eigenvalue weighted by Crippen LogP contribution is -2.29. The minimum absolute atomic E-state index is 0.137. The molecule has 2 N–H and O–H groups in total. The van der Waals surface area contributed by atoms with Crippen LogP contribution >= 0.6 is 7.82 Å². The van der Waals surface area contributed by atoms with Crippen LogP contribution < -0.4 is 0 Å². The average Bonchev–Trinajstić information content (AvgIpc) is 3.17. The highest BCUT2D eigenvalue weighted by atomic mass is 31.2. The lowest BCUT2D eigenvalue weighted by atomic mass is 10.0. The van der Waals surface area contributed by atoms with E-state index in [-0.39, 0.29) is 19.4 Å². The Morgan fingerprint density at radius 2 is 0.821 bits per heavy atom. The summed E-state index contributed by atoms with van der Waals surface area (Å²) in [4.78, 5) is 42.9. The van der Waals surface area contributed by atoms with Gasteiger partial charge < -0.3 is 19.3 Å². The summed E-state index contributed by atoms with van der Waals surface area (Å²) in [6, 6.07) is 0. The number of esters is 2. The highest BCUT2D eigenvalue weighted by Gasteiger charge is 2.22. The second-order valence-corrected chi connectivity index (χ2v) is 16.6. The minimum atomic E-state index is -4.77. The number of ether oxygens (including phenoxy) is 2. The van der Waals surface area contributed by atoms with Crippen molar-refractivity contribution in [3.8, 4) is 0 Å². The fourth-order valence-electron chi connectivity index (χ4n) is 6.43. The average molecular weight is 809 g/mol. The Kier molecular flexibility index (Phi) is 41.1. The molecule has 0 amide bonds. The number of phosphoric ester groups is 1. The summed E-state index contributed by atoms with van der Waals surface area (Å²) in [5, 5.41) is 0. The number of hydrogen-bond donors (Lipinski definition) is 2. The normalized spacial score (nSPS) is 12.9. The predicted octanol–water partition coefficient (Wildman–Crippen LogP) is 14.3. The zero-order valence-electron chi connectivity index (χ0n) is 36.0. The van der Waals surface area contributed by atoms with Gasteiger partial charge in [-0.15, -0.1) is 0 Å². The molecular weight excluding hydrogens is 723 g/mol. The van der Waals surface area contributed by atoms with Gasteiger partial charge in [0.2, 0.25) is 0 Å². The third-order valence-electron chi connectivity index (χ3n) is 9.85. The van der Waals surface area contributed by atoms with Gasteiger partial charge in [-0.1, -0.05) is 204 Å². The maximum atomic E-state index is 12.4. The number of carbonyl (C=O) groups is 2. The predicted molar refractivity (Wildman–Crippen MR) is 234 cm³/mol. The number of unbranched alkanes of at least 4 members (excludes halogenated alkanes) is 24. The number of phosphoric acid groups is 1. The molecule has 0 aliphatic heterocycles. The van der Waals surface area contributed by atoms with E-state index in [1.54, 1.807) is 0 Å². The molecule has 0 unspecified atom stereocenters. The maximum Gasteiger partial charge on any atom is 0.469 e. The van der Waals surface area contributed by atoms with Crippen LogP contribution in [0.15, 0.2) is 48.6 Å². The molecule has 0 aromatic heterocycles. The van der Waals surface area contributed by atoms with Crippen LogP contribution in [0.2, 0.25) is 0 Å². The quantitative estimate of drug-likeness (QED) is 0.0271. The summed E-state index contributed by atoms with van der Waals surface area (Å²) < 4.78 is 26.4. The number of rotatable bonds is 42. The highest BCUT2D eigenvalue weighted by molar-refractivity contribution is 7.46. The smallest absolute Gasteiger partial charge is 0.462 e. The van der Waals surface area contributed by atoms with Gasteiger partial charge in [-0.3, -0.25) is 14.1 Å². The van der Waals surface area contributed by atoms with E-state index in [1.165, 1.54) is 141 Å². The van der Waals surface area contributed by atoms with Crippen molar-refractivity contribution >= 4 is 19.8 Å². The van der Waals surface area contributed by atoms with E-state index >= 15 is 0 Å². The van der Waals surface area contributed by atoms with Crippen molar-refractivity contribution in [1.29, 1.82) is 0 Å². The lowest BCUT2D eigenvalue weighted by Gasteiger charge is -2.18. The van der Waals surface area contributed by atoms with Gasteiger partial charge >= 0.3 is 19.8 Å². The second-order valence-electron chi connectivity index (χ2n) is 15.4. The van der Waals surface area contributed by atoms with Crippen molar-refractivity contribution < 1.29 is 37.9 Å². The molecule has 0 bridgehead atoms. The highest BCUT2D eigenvalue weighted by Crippen LogP contribution is 2.36. The van der Waals surface area contributed by atoms with Gasteiger partial charge in [-0.05, 0) is 51.4 Å². The molecule has 9 heteroatoms. The molecule has 0 aromatic rings. The van der Waals surface area contributed by atoms with Crippen LogP contribution in [0, 0.1) is 0 Å². The molecule has 0 aromatic carbocycles. The molecule has 0 radical (unpaired) electrons. The van der Waals surface area contributed by atoms with E-state index in [0.717, 1.165) is 38.5 Å². The van der Waals surface area contributed by atoms with E-state index in [2.05, 4.69) is 60.9 Å². The van der Waals surface area contributed by atoms with Crippen molar-refractivity contribution in [2.45, 2.75) is 225 Å². The summed E-state index contributed by atoms with van der Waals surface area (Å²) >= 11 is 0. The van der Waals surface area contributed by atoms with Crippen LogP contribution in [0.5, 0.6) is 0 Å². The first-order valence-electron chi connectivity index (χ1n) is 22.9. The molecule has 0 heterocycles. The van der Waals surface area contributed by atoms with Crippen molar-refractivity contribution in [2.24, 2.45) is 0 Å². The molecule has 0 aliphatic rings. The molecule has 56 heavy (non-hydrogen) atoms. The van der Waals surface area contributed by atoms with Crippen LogP contribution in [0.25, 0.3) is 0 Å². The van der Waals surface area contributed by atoms with Gasteiger partial charge in [0, 0.05) is 12.8 Å². The number of carbonyl (C=O) groups excluding carboxylic acids is 2. The van der Waals surface area contributed by atoms with E-state index in [0.29, 0.717) is 12.8 Å². The SMILES string of the molecule is CCCCC/C=C\C/C=C\C/C=C\C/C=C\CCCC(=O)O[C@H](COC(=O)CCCCCCCCCCCCCCCCCCCCCCC)COP(=O)(O)O. The maximum absolute atomic E-state index is 12.4. The second kappa shape index (κ2) is 42.6. The standard InChI is InChI=1S/C47H85O8P/c1-3-5-7-9-11-13-15-17-19-21-22-23-24-26-27-29-31-33-35-37-39-41-46(48)53-43-45(44-54-56(50,51)52)55-47(49)42-40-38-36-34-32-30-28-25-20-18-16-14-12-10-8-6-4-2/h12,14,18,20,28,30,34,36,45H,3-11,13,15-17,19,21-27,29,31-33,35,37-44H2,1-2H3,(H2,50,51,52)/b14-12-,20-18-,30-28-,36-34-/t45-/m1/s1. The van der Waals surface area contributed by atoms with Gasteiger partial charge in [0.15, 0.2) is 6.10 Å². The van der Waals surface area contributed by atoms with E-state index in [1.807, 2.05) is 6.08 Å². The largest absolute Gasteiger partial charge is 0.469 e. The molecule has 8 nitrogen and oxygen atoms in total. The fourth-order valence-corrected chi connectivity index (χ4v) is 6.79. The van der Waals surface area contributed by atoms with Crippen LogP contribution in [0.4, 0.5) is 0 Å². The summed E-state index contributed by atoms with van der Waals surface area (Å²) in [5.41, 5.74) is 0. The van der Waals surface area contributed by atoms with Crippen LogP contribution in [0.3, 0.4) is 0 Å². The number of allylic oxidation sites excluding steroid dienone is 8. The van der Waals surface area contributed by atoms with Gasteiger partial charge in [-0.2, -0.15) is 0 Å². The van der Waals surface area contributed by atoms with Crippen LogP contribution in [-0.2, 0) is 28.2 Å². The van der Waals surface area contributed by atoms with Gasteiger partial charge in [0.25, 0.3) is 0 Å². The van der Waals surface area contributed by atoms with Crippen LogP contribution in [-0.4, -0.2) is 41.0 Å². The molecule has 0 spiro atoms. The summed E-state index contributed by atoms with van der Waals surface area (Å²) in [5.74, 6) is -0.943. The van der Waals surface area contributed by atoms with Crippen LogP contribution in [0.1, 0.15) is 219 Å². The summed E-state index contributed by atoms with van der Waals surface area (Å²) in [6.45, 7) is 3.64. The summed E-state index contributed by atoms with van der Waals surface area (Å²) in [6.07, 6.45) is 52.8. The Morgan fingerprint density at radius 1 is 0.464 bits per heavy atom. The Hall–Kier alpha value is -1.99. The molecule has 0 saturated heterocycles. The van der Waals surface area contributed by atoms with Gasteiger partial charge in [0.1, 0.15) is 6.61 Å². The van der Waals surface area contributed by atoms with E-state index in [9.17, 15) is 14.2 Å². The molecule has 0 fully saturated rings. The Labute approximate surface area is 344 Å². The first-order chi connectivity index (χ1) is 27.3. The summed E-state index contributed by atoms with van der Waals surface area (Å²) in [7, 11) is -4.77. The molecule has 0 saturated carbocycles. The molecule has 0 aliphatic carbocycles. The van der Waals surface area contributed by atoms with Crippen molar-refractivity contribution in [1.82, 2.24) is 0 Å². The molecule has 0 rings (SSSR count). The fraction of sp³-hybridized carbons (Fsp3) is 0.787. The van der Waals surface area contributed by atoms with Crippen molar-refractivity contribution in [2.75, 3.05) is 13.2 Å². The Morgan fingerprint density at radius 3 is 1.25 bits per heavy atom.